The predicted octanol–water partition coefficient (Wildman–Crippen LogP) is 2.77. The summed E-state index contributed by atoms with van der Waals surface area (Å²) in [5, 5.41) is 2.86. The molecular weight excluding hydrogens is 320 g/mol. The summed E-state index contributed by atoms with van der Waals surface area (Å²) in [5.41, 5.74) is 1.58. The number of hydrogen-bond donors (Lipinski definition) is 1. The molecule has 0 aliphatic rings. The molecule has 1 aromatic carbocycles. The number of carbonyl (C=O) groups is 2. The zero-order valence-electron chi connectivity index (χ0n) is 14.5. The Morgan fingerprint density at radius 2 is 1.88 bits per heavy atom. The maximum Gasteiger partial charge on any atom is 0.220 e. The van der Waals surface area contributed by atoms with Crippen LogP contribution in [0.1, 0.15) is 35.7 Å². The molecule has 0 spiro atoms. The second-order valence-corrected chi connectivity index (χ2v) is 5.51. The lowest BCUT2D eigenvalue weighted by Crippen LogP contribution is -2.22. The lowest BCUT2D eigenvalue weighted by molar-refractivity contribution is -0.121. The lowest BCUT2D eigenvalue weighted by atomic mass is 10.1. The third-order valence-corrected chi connectivity index (χ3v) is 3.61. The van der Waals surface area contributed by atoms with Crippen molar-refractivity contribution in [2.24, 2.45) is 0 Å². The normalized spacial score (nSPS) is 10.2. The van der Waals surface area contributed by atoms with E-state index in [-0.39, 0.29) is 11.7 Å². The Labute approximate surface area is 147 Å². The van der Waals surface area contributed by atoms with Crippen LogP contribution in [0.3, 0.4) is 0 Å². The van der Waals surface area contributed by atoms with Crippen molar-refractivity contribution in [1.82, 2.24) is 10.3 Å². The summed E-state index contributed by atoms with van der Waals surface area (Å²) in [4.78, 5) is 27.1. The van der Waals surface area contributed by atoms with Gasteiger partial charge in [-0.2, -0.15) is 0 Å². The van der Waals surface area contributed by atoms with Gasteiger partial charge in [-0.25, -0.2) is 0 Å². The van der Waals surface area contributed by atoms with Gasteiger partial charge in [0.25, 0.3) is 0 Å². The molecular formula is C19H22N2O4. The largest absolute Gasteiger partial charge is 0.493 e. The third-order valence-electron chi connectivity index (χ3n) is 3.61. The minimum atomic E-state index is -0.0317. The number of benzene rings is 1. The van der Waals surface area contributed by atoms with Gasteiger partial charge >= 0.3 is 0 Å². The summed E-state index contributed by atoms with van der Waals surface area (Å²) in [5.74, 6) is 1.01. The van der Waals surface area contributed by atoms with Crippen molar-refractivity contribution in [1.29, 1.82) is 0 Å². The lowest BCUT2D eigenvalue weighted by Gasteiger charge is -2.11. The van der Waals surface area contributed by atoms with E-state index in [4.69, 9.17) is 9.47 Å². The number of ether oxygens (including phenoxy) is 2. The van der Waals surface area contributed by atoms with Gasteiger partial charge in [0.1, 0.15) is 0 Å². The van der Waals surface area contributed by atoms with E-state index in [1.807, 2.05) is 12.1 Å². The van der Waals surface area contributed by atoms with Crippen molar-refractivity contribution in [3.8, 4) is 11.5 Å². The van der Waals surface area contributed by atoms with Crippen molar-refractivity contribution in [2.45, 2.75) is 26.3 Å². The van der Waals surface area contributed by atoms with Crippen LogP contribution in [0.15, 0.2) is 42.7 Å². The standard InChI is InChI=1S/C19H22N2O4/c1-14(22)16-5-6-17(18(12-16)24-2)25-11-3-4-19(23)21-13-15-7-9-20-10-8-15/h5-10,12H,3-4,11,13H2,1-2H3,(H,21,23). The highest BCUT2D eigenvalue weighted by molar-refractivity contribution is 5.94. The van der Waals surface area contributed by atoms with E-state index in [0.29, 0.717) is 43.1 Å². The van der Waals surface area contributed by atoms with Gasteiger partial charge < -0.3 is 14.8 Å². The molecule has 1 aromatic heterocycles. The Bertz CT molecular complexity index is 717. The number of carbonyl (C=O) groups excluding carboxylic acids is 2. The molecule has 0 saturated heterocycles. The second-order valence-electron chi connectivity index (χ2n) is 5.51. The van der Waals surface area contributed by atoms with Gasteiger partial charge in [-0.3, -0.25) is 14.6 Å². The molecule has 1 amide bonds. The summed E-state index contributed by atoms with van der Waals surface area (Å²) in [6, 6.07) is 8.78. The zero-order chi connectivity index (χ0) is 18.1. The molecule has 25 heavy (non-hydrogen) atoms. The first-order chi connectivity index (χ1) is 12.1. The van der Waals surface area contributed by atoms with Gasteiger partial charge in [-0.1, -0.05) is 0 Å². The van der Waals surface area contributed by atoms with Crippen molar-refractivity contribution in [2.75, 3.05) is 13.7 Å². The number of amides is 1. The number of nitrogens with one attached hydrogen (secondary N) is 1. The van der Waals surface area contributed by atoms with Gasteiger partial charge in [0, 0.05) is 30.9 Å². The average Bonchev–Trinajstić information content (AvgIpc) is 2.64. The number of Topliss-reactive ketones (excluding diaryl/α,β-unsaturated/α-hetero) is 1. The Morgan fingerprint density at radius 1 is 1.12 bits per heavy atom. The first kappa shape index (κ1) is 18.4. The highest BCUT2D eigenvalue weighted by Crippen LogP contribution is 2.28. The van der Waals surface area contributed by atoms with Gasteiger partial charge in [-0.15, -0.1) is 0 Å². The van der Waals surface area contributed by atoms with Gasteiger partial charge in [0.05, 0.1) is 13.7 Å². The fourth-order valence-corrected chi connectivity index (χ4v) is 2.21. The number of hydrogen-bond acceptors (Lipinski definition) is 5. The van der Waals surface area contributed by atoms with Crippen LogP contribution in [0.4, 0.5) is 0 Å². The van der Waals surface area contributed by atoms with Crippen LogP contribution < -0.4 is 14.8 Å². The maximum atomic E-state index is 11.8. The molecule has 2 rings (SSSR count). The summed E-state index contributed by atoms with van der Waals surface area (Å²) < 4.78 is 10.9. The smallest absolute Gasteiger partial charge is 0.220 e. The Morgan fingerprint density at radius 3 is 2.56 bits per heavy atom. The van der Waals surface area contributed by atoms with Gasteiger partial charge in [-0.05, 0) is 49.2 Å². The SMILES string of the molecule is COc1cc(C(C)=O)ccc1OCCCC(=O)NCc1ccncc1. The van der Waals surface area contributed by atoms with Crippen LogP contribution in [0.2, 0.25) is 0 Å². The monoisotopic (exact) mass is 342 g/mol. The fraction of sp³-hybridized carbons (Fsp3) is 0.316. The Hall–Kier alpha value is -2.89. The molecule has 0 aliphatic heterocycles. The van der Waals surface area contributed by atoms with E-state index in [9.17, 15) is 9.59 Å². The molecule has 0 fully saturated rings. The highest BCUT2D eigenvalue weighted by Gasteiger charge is 2.09. The second kappa shape index (κ2) is 9.42. The van der Waals surface area contributed by atoms with Crippen LogP contribution in [0.5, 0.6) is 11.5 Å². The van der Waals surface area contributed by atoms with Crippen LogP contribution >= 0.6 is 0 Å². The molecule has 6 heteroatoms. The van der Waals surface area contributed by atoms with E-state index >= 15 is 0 Å². The number of nitrogens with zero attached hydrogens (tertiary/aromatic N) is 1. The molecule has 2 aromatic rings. The maximum absolute atomic E-state index is 11.8. The van der Waals surface area contributed by atoms with E-state index in [1.165, 1.54) is 14.0 Å². The number of rotatable bonds is 9. The number of pyridine rings is 1. The summed E-state index contributed by atoms with van der Waals surface area (Å²) in [6.45, 7) is 2.38. The van der Waals surface area contributed by atoms with Crippen molar-refractivity contribution >= 4 is 11.7 Å². The molecule has 1 heterocycles. The first-order valence-electron chi connectivity index (χ1n) is 8.07. The molecule has 6 nitrogen and oxygen atoms in total. The number of methoxy groups -OCH3 is 1. The minimum Gasteiger partial charge on any atom is -0.493 e. The summed E-state index contributed by atoms with van der Waals surface area (Å²) >= 11 is 0. The molecule has 0 aliphatic carbocycles. The molecule has 1 N–H and O–H groups in total. The molecule has 132 valence electrons. The van der Waals surface area contributed by atoms with E-state index in [2.05, 4.69) is 10.3 Å². The van der Waals surface area contributed by atoms with Crippen LogP contribution in [-0.2, 0) is 11.3 Å². The van der Waals surface area contributed by atoms with Crippen LogP contribution in [-0.4, -0.2) is 30.4 Å². The Balaban J connectivity index is 1.73. The van der Waals surface area contributed by atoms with E-state index in [1.54, 1.807) is 30.6 Å². The van der Waals surface area contributed by atoms with Crippen molar-refractivity contribution < 1.29 is 19.1 Å². The molecule has 0 bridgehead atoms. The zero-order valence-corrected chi connectivity index (χ0v) is 14.5. The topological polar surface area (TPSA) is 77.5 Å². The molecule has 0 atom stereocenters. The average molecular weight is 342 g/mol. The van der Waals surface area contributed by atoms with Crippen molar-refractivity contribution in [3.63, 3.8) is 0 Å². The molecule has 0 saturated carbocycles. The predicted molar refractivity (Wildman–Crippen MR) is 93.8 cm³/mol. The fourth-order valence-electron chi connectivity index (χ4n) is 2.21. The van der Waals surface area contributed by atoms with E-state index in [0.717, 1.165) is 5.56 Å². The molecule has 0 radical (unpaired) electrons. The minimum absolute atomic E-state index is 0.0284. The third kappa shape index (κ3) is 5.91. The summed E-state index contributed by atoms with van der Waals surface area (Å²) in [7, 11) is 1.53. The quantitative estimate of drug-likeness (QED) is 0.560. The van der Waals surface area contributed by atoms with Crippen molar-refractivity contribution in [3.05, 3.63) is 53.9 Å². The van der Waals surface area contributed by atoms with Crippen LogP contribution in [0, 0.1) is 0 Å². The van der Waals surface area contributed by atoms with Gasteiger partial charge in [0.2, 0.25) is 5.91 Å². The molecule has 0 unspecified atom stereocenters. The van der Waals surface area contributed by atoms with Crippen LogP contribution in [0.25, 0.3) is 0 Å². The number of ketones is 1. The van der Waals surface area contributed by atoms with E-state index < -0.39 is 0 Å². The Kier molecular flexibility index (Phi) is 6.95. The first-order valence-corrected chi connectivity index (χ1v) is 8.07. The summed E-state index contributed by atoms with van der Waals surface area (Å²) in [6.07, 6.45) is 4.35. The highest BCUT2D eigenvalue weighted by atomic mass is 16.5. The number of aromatic nitrogens is 1. The van der Waals surface area contributed by atoms with Gasteiger partial charge in [0.15, 0.2) is 17.3 Å².